The fourth-order valence-corrected chi connectivity index (χ4v) is 2.47. The first kappa shape index (κ1) is 13.9. The minimum absolute atomic E-state index is 0.0357. The maximum absolute atomic E-state index is 13.7. The number of hydrogen-bond donors (Lipinski definition) is 1. The van der Waals surface area contributed by atoms with Crippen LogP contribution in [0.25, 0.3) is 0 Å². The minimum Gasteiger partial charge on any atom is -0.381 e. The summed E-state index contributed by atoms with van der Waals surface area (Å²) >= 11 is 0. The molecule has 2 rings (SSSR count). The van der Waals surface area contributed by atoms with Gasteiger partial charge in [0.15, 0.2) is 0 Å². The summed E-state index contributed by atoms with van der Waals surface area (Å²) in [5, 5.41) is 9.67. The van der Waals surface area contributed by atoms with Gasteiger partial charge in [-0.3, -0.25) is 4.79 Å². The summed E-state index contributed by atoms with van der Waals surface area (Å²) in [6, 6.07) is 3.76. The van der Waals surface area contributed by atoms with Crippen LogP contribution >= 0.6 is 0 Å². The largest absolute Gasteiger partial charge is 0.381 e. The summed E-state index contributed by atoms with van der Waals surface area (Å²) in [5.74, 6) is -1.93. The standard InChI is InChI=1S/C14H17F2NO2/c1-14(2,19)13(18)17-7-6-9(8-17)12-10(15)4-3-5-11(12)16/h3-5,9,19H,6-8H2,1-2H3/t9-/m1/s1. The third-order valence-electron chi connectivity index (χ3n) is 3.41. The van der Waals surface area contributed by atoms with Crippen molar-refractivity contribution in [3.63, 3.8) is 0 Å². The van der Waals surface area contributed by atoms with Crippen LogP contribution in [0.1, 0.15) is 31.7 Å². The Bertz CT molecular complexity index is 476. The van der Waals surface area contributed by atoms with Crippen LogP contribution in [0.2, 0.25) is 0 Å². The Hall–Kier alpha value is -1.49. The zero-order valence-corrected chi connectivity index (χ0v) is 11.0. The van der Waals surface area contributed by atoms with Gasteiger partial charge >= 0.3 is 0 Å². The first-order chi connectivity index (χ1) is 8.80. The molecular weight excluding hydrogens is 252 g/mol. The number of nitrogens with zero attached hydrogens (tertiary/aromatic N) is 1. The van der Waals surface area contributed by atoms with Crippen molar-refractivity contribution in [3.05, 3.63) is 35.4 Å². The summed E-state index contributed by atoms with van der Waals surface area (Å²) in [7, 11) is 0. The molecule has 0 radical (unpaired) electrons. The van der Waals surface area contributed by atoms with E-state index in [1.165, 1.54) is 36.9 Å². The molecule has 1 amide bonds. The molecule has 1 heterocycles. The van der Waals surface area contributed by atoms with Crippen LogP contribution in [-0.4, -0.2) is 34.6 Å². The van der Waals surface area contributed by atoms with E-state index in [0.29, 0.717) is 13.0 Å². The number of rotatable bonds is 2. The minimum atomic E-state index is -1.46. The highest BCUT2D eigenvalue weighted by Crippen LogP contribution is 2.31. The van der Waals surface area contributed by atoms with Gasteiger partial charge in [0, 0.05) is 24.6 Å². The number of hydrogen-bond acceptors (Lipinski definition) is 2. The fourth-order valence-electron chi connectivity index (χ4n) is 2.47. The van der Waals surface area contributed by atoms with Crippen molar-refractivity contribution in [1.29, 1.82) is 0 Å². The van der Waals surface area contributed by atoms with Crippen LogP contribution in [0, 0.1) is 11.6 Å². The molecule has 0 bridgehead atoms. The Morgan fingerprint density at radius 1 is 1.37 bits per heavy atom. The molecule has 1 saturated heterocycles. The smallest absolute Gasteiger partial charge is 0.253 e. The van der Waals surface area contributed by atoms with E-state index >= 15 is 0 Å². The molecule has 0 unspecified atom stereocenters. The summed E-state index contributed by atoms with van der Waals surface area (Å²) < 4.78 is 27.3. The zero-order valence-electron chi connectivity index (χ0n) is 11.0. The van der Waals surface area contributed by atoms with Gasteiger partial charge in [0.25, 0.3) is 5.91 Å². The zero-order chi connectivity index (χ0) is 14.2. The second-order valence-corrected chi connectivity index (χ2v) is 5.43. The molecule has 19 heavy (non-hydrogen) atoms. The third-order valence-corrected chi connectivity index (χ3v) is 3.41. The lowest BCUT2D eigenvalue weighted by atomic mass is 9.97. The molecule has 1 atom stereocenters. The molecule has 0 saturated carbocycles. The van der Waals surface area contributed by atoms with Gasteiger partial charge in [0.05, 0.1) is 0 Å². The highest BCUT2D eigenvalue weighted by molar-refractivity contribution is 5.84. The van der Waals surface area contributed by atoms with Crippen molar-refractivity contribution in [2.45, 2.75) is 31.8 Å². The lowest BCUT2D eigenvalue weighted by molar-refractivity contribution is -0.146. The summed E-state index contributed by atoms with van der Waals surface area (Å²) in [6.07, 6.45) is 0.500. The topological polar surface area (TPSA) is 40.5 Å². The molecule has 1 fully saturated rings. The second kappa shape index (κ2) is 4.89. The van der Waals surface area contributed by atoms with E-state index in [2.05, 4.69) is 0 Å². The molecule has 1 aromatic carbocycles. The number of carbonyl (C=O) groups is 1. The van der Waals surface area contributed by atoms with Crippen LogP contribution in [0.4, 0.5) is 8.78 Å². The van der Waals surface area contributed by atoms with Crippen LogP contribution < -0.4 is 0 Å². The maximum atomic E-state index is 13.7. The molecule has 1 aromatic rings. The van der Waals surface area contributed by atoms with E-state index in [9.17, 15) is 18.7 Å². The molecule has 0 aliphatic carbocycles. The SMILES string of the molecule is CC(C)(O)C(=O)N1CC[C@@H](c2c(F)cccc2F)C1. The van der Waals surface area contributed by atoms with E-state index in [1.807, 2.05) is 0 Å². The van der Waals surface area contributed by atoms with Gasteiger partial charge in [0.1, 0.15) is 17.2 Å². The first-order valence-corrected chi connectivity index (χ1v) is 6.26. The van der Waals surface area contributed by atoms with Gasteiger partial charge in [-0.05, 0) is 32.4 Å². The lowest BCUT2D eigenvalue weighted by Gasteiger charge is -2.24. The number of likely N-dealkylation sites (tertiary alicyclic amines) is 1. The highest BCUT2D eigenvalue weighted by Gasteiger charge is 2.36. The van der Waals surface area contributed by atoms with E-state index in [1.54, 1.807) is 0 Å². The Kier molecular flexibility index (Phi) is 3.58. The van der Waals surface area contributed by atoms with E-state index < -0.39 is 23.1 Å². The van der Waals surface area contributed by atoms with Crippen molar-refractivity contribution in [1.82, 2.24) is 4.90 Å². The molecule has 3 nitrogen and oxygen atoms in total. The Balaban J connectivity index is 2.17. The summed E-state index contributed by atoms with van der Waals surface area (Å²) in [5.41, 5.74) is -1.42. The maximum Gasteiger partial charge on any atom is 0.253 e. The van der Waals surface area contributed by atoms with Crippen LogP contribution in [0.3, 0.4) is 0 Å². The second-order valence-electron chi connectivity index (χ2n) is 5.43. The number of halogens is 2. The van der Waals surface area contributed by atoms with E-state index in [-0.39, 0.29) is 18.0 Å². The molecule has 0 aromatic heterocycles. The van der Waals surface area contributed by atoms with Gasteiger partial charge in [-0.2, -0.15) is 0 Å². The molecule has 5 heteroatoms. The number of carbonyl (C=O) groups excluding carboxylic acids is 1. The van der Waals surface area contributed by atoms with Gasteiger partial charge in [0.2, 0.25) is 0 Å². The predicted octanol–water partition coefficient (Wildman–Crippen LogP) is 2.05. The van der Waals surface area contributed by atoms with Crippen LogP contribution in [-0.2, 0) is 4.79 Å². The van der Waals surface area contributed by atoms with Crippen molar-refractivity contribution >= 4 is 5.91 Å². The third kappa shape index (κ3) is 2.76. The molecule has 0 spiro atoms. The quantitative estimate of drug-likeness (QED) is 0.892. The summed E-state index contributed by atoms with van der Waals surface area (Å²) in [4.78, 5) is 13.4. The monoisotopic (exact) mass is 269 g/mol. The number of benzene rings is 1. The fraction of sp³-hybridized carbons (Fsp3) is 0.500. The average Bonchev–Trinajstić information content (AvgIpc) is 2.75. The Labute approximate surface area is 110 Å². The predicted molar refractivity (Wildman–Crippen MR) is 66.6 cm³/mol. The number of amides is 1. The molecular formula is C14H17F2NO2. The van der Waals surface area contributed by atoms with Crippen LogP contribution in [0.5, 0.6) is 0 Å². The van der Waals surface area contributed by atoms with Crippen molar-refractivity contribution < 1.29 is 18.7 Å². The van der Waals surface area contributed by atoms with Crippen LogP contribution in [0.15, 0.2) is 18.2 Å². The molecule has 104 valence electrons. The van der Waals surface area contributed by atoms with Gasteiger partial charge in [-0.1, -0.05) is 6.07 Å². The molecule has 1 aliphatic heterocycles. The first-order valence-electron chi connectivity index (χ1n) is 6.26. The van der Waals surface area contributed by atoms with Gasteiger partial charge < -0.3 is 10.0 Å². The Morgan fingerprint density at radius 3 is 2.47 bits per heavy atom. The normalized spacial score (nSPS) is 19.8. The van der Waals surface area contributed by atoms with Gasteiger partial charge in [-0.15, -0.1) is 0 Å². The van der Waals surface area contributed by atoms with Gasteiger partial charge in [-0.25, -0.2) is 8.78 Å². The molecule has 1 aliphatic rings. The average molecular weight is 269 g/mol. The summed E-state index contributed by atoms with van der Waals surface area (Å²) in [6.45, 7) is 3.46. The molecule has 1 N–H and O–H groups in total. The van der Waals surface area contributed by atoms with E-state index in [4.69, 9.17) is 0 Å². The van der Waals surface area contributed by atoms with Crippen molar-refractivity contribution in [2.24, 2.45) is 0 Å². The van der Waals surface area contributed by atoms with Crippen molar-refractivity contribution in [3.8, 4) is 0 Å². The Morgan fingerprint density at radius 2 is 1.95 bits per heavy atom. The number of aliphatic hydroxyl groups is 1. The lowest BCUT2D eigenvalue weighted by Crippen LogP contribution is -2.43. The van der Waals surface area contributed by atoms with E-state index in [0.717, 1.165) is 0 Å². The highest BCUT2D eigenvalue weighted by atomic mass is 19.1. The van der Waals surface area contributed by atoms with Crippen molar-refractivity contribution in [2.75, 3.05) is 13.1 Å².